The van der Waals surface area contributed by atoms with Crippen molar-refractivity contribution >= 4 is 28.1 Å². The molecule has 0 radical (unpaired) electrons. The van der Waals surface area contributed by atoms with Crippen LogP contribution in [-0.4, -0.2) is 66.1 Å². The van der Waals surface area contributed by atoms with E-state index in [1.54, 1.807) is 0 Å². The molecular weight excluding hydrogens is 434 g/mol. The average molecular weight is 464 g/mol. The van der Waals surface area contributed by atoms with E-state index >= 15 is 0 Å². The highest BCUT2D eigenvalue weighted by atomic mass is 35.5. The van der Waals surface area contributed by atoms with Gasteiger partial charge in [-0.1, -0.05) is 65.3 Å². The van der Waals surface area contributed by atoms with Crippen LogP contribution in [0.2, 0.25) is 5.02 Å². The third-order valence-electron chi connectivity index (χ3n) is 6.66. The fourth-order valence-electron chi connectivity index (χ4n) is 4.88. The number of nitrogens with zero attached hydrogens (tertiary/aromatic N) is 3. The number of aliphatic hydroxyl groups excluding tert-OH is 1. The van der Waals surface area contributed by atoms with Crippen LogP contribution in [0.3, 0.4) is 0 Å². The van der Waals surface area contributed by atoms with E-state index < -0.39 is 6.10 Å². The molecule has 3 aromatic carbocycles. The lowest BCUT2D eigenvalue weighted by molar-refractivity contribution is 0.00829. The zero-order chi connectivity index (χ0) is 22.6. The number of benzene rings is 3. The number of fused-ring (bicyclic) bond motifs is 3. The zero-order valence-corrected chi connectivity index (χ0v) is 19.5. The minimum absolute atomic E-state index is 0.220. The maximum atomic E-state index is 10.5. The number of β-amino-alcohol motifs (C(OH)–C–C–N with tert-alkyl or cyclic N) is 1. The number of piperazine rings is 1. The number of halogens is 1. The first-order chi connectivity index (χ1) is 16.2. The van der Waals surface area contributed by atoms with Gasteiger partial charge in [0.1, 0.15) is 12.7 Å². The monoisotopic (exact) mass is 463 g/mol. The standard InChI is InChI=1S/C27H30ClN3O2/c28-22-8-5-20(6-9-22)17-30-13-15-31(16-14-30)18-23(32)19-33-29-27-12-11-25-24-4-2-1-3-21(24)7-10-26(25)27/h1-10,23,32H,11-19H2/b29-27+. The van der Waals surface area contributed by atoms with Gasteiger partial charge in [-0.25, -0.2) is 0 Å². The summed E-state index contributed by atoms with van der Waals surface area (Å²) in [6.07, 6.45) is 1.33. The van der Waals surface area contributed by atoms with Crippen molar-refractivity contribution in [3.8, 4) is 0 Å². The molecule has 1 unspecified atom stereocenters. The Labute approximate surface area is 200 Å². The van der Waals surface area contributed by atoms with Crippen molar-refractivity contribution in [2.45, 2.75) is 25.5 Å². The zero-order valence-electron chi connectivity index (χ0n) is 18.8. The van der Waals surface area contributed by atoms with Crippen LogP contribution >= 0.6 is 11.6 Å². The molecule has 5 nitrogen and oxygen atoms in total. The van der Waals surface area contributed by atoms with Gasteiger partial charge in [0.2, 0.25) is 0 Å². The summed E-state index contributed by atoms with van der Waals surface area (Å²) in [5.41, 5.74) is 4.80. The molecule has 6 heteroatoms. The maximum absolute atomic E-state index is 10.5. The van der Waals surface area contributed by atoms with Gasteiger partial charge in [0.05, 0.1) is 5.71 Å². The quantitative estimate of drug-likeness (QED) is 0.529. The van der Waals surface area contributed by atoms with Crippen molar-refractivity contribution < 1.29 is 9.94 Å². The van der Waals surface area contributed by atoms with Crippen molar-refractivity contribution in [1.82, 2.24) is 9.80 Å². The molecule has 0 amide bonds. The van der Waals surface area contributed by atoms with E-state index in [1.165, 1.54) is 27.5 Å². The molecule has 0 spiro atoms. The van der Waals surface area contributed by atoms with E-state index in [0.29, 0.717) is 6.54 Å². The van der Waals surface area contributed by atoms with E-state index in [4.69, 9.17) is 16.4 Å². The molecule has 0 saturated carbocycles. The fraction of sp³-hybridized carbons (Fsp3) is 0.370. The first-order valence-electron chi connectivity index (χ1n) is 11.7. The predicted octanol–water partition coefficient (Wildman–Crippen LogP) is 4.34. The number of hydrogen-bond donors (Lipinski definition) is 1. The van der Waals surface area contributed by atoms with Crippen molar-refractivity contribution in [3.63, 3.8) is 0 Å². The first-order valence-corrected chi connectivity index (χ1v) is 12.1. The van der Waals surface area contributed by atoms with Crippen LogP contribution < -0.4 is 0 Å². The van der Waals surface area contributed by atoms with Gasteiger partial charge >= 0.3 is 0 Å². The van der Waals surface area contributed by atoms with E-state index in [-0.39, 0.29) is 6.61 Å². The molecule has 2 aliphatic rings. The molecule has 1 saturated heterocycles. The Balaban J connectivity index is 1.08. The van der Waals surface area contributed by atoms with Gasteiger partial charge in [0.25, 0.3) is 0 Å². The minimum atomic E-state index is -0.547. The molecule has 33 heavy (non-hydrogen) atoms. The van der Waals surface area contributed by atoms with Gasteiger partial charge in [0.15, 0.2) is 0 Å². The van der Waals surface area contributed by atoms with Crippen LogP contribution in [0.15, 0.2) is 65.8 Å². The highest BCUT2D eigenvalue weighted by Crippen LogP contribution is 2.30. The van der Waals surface area contributed by atoms with Gasteiger partial charge in [-0.2, -0.15) is 0 Å². The van der Waals surface area contributed by atoms with E-state index in [2.05, 4.69) is 63.5 Å². The third kappa shape index (κ3) is 5.39. The van der Waals surface area contributed by atoms with Crippen LogP contribution in [0.1, 0.15) is 23.1 Å². The topological polar surface area (TPSA) is 48.3 Å². The average Bonchev–Trinajstić information content (AvgIpc) is 3.25. The molecule has 1 heterocycles. The van der Waals surface area contributed by atoms with Crippen molar-refractivity contribution in [2.75, 3.05) is 39.3 Å². The van der Waals surface area contributed by atoms with Gasteiger partial charge in [-0.3, -0.25) is 9.80 Å². The highest BCUT2D eigenvalue weighted by Gasteiger charge is 2.22. The Morgan fingerprint density at radius 3 is 2.48 bits per heavy atom. The highest BCUT2D eigenvalue weighted by molar-refractivity contribution is 6.30. The normalized spacial score (nSPS) is 19.2. The van der Waals surface area contributed by atoms with Crippen LogP contribution in [0, 0.1) is 0 Å². The molecule has 5 rings (SSSR count). The van der Waals surface area contributed by atoms with Crippen molar-refractivity contribution in [2.24, 2.45) is 5.16 Å². The van der Waals surface area contributed by atoms with Gasteiger partial charge < -0.3 is 9.94 Å². The summed E-state index contributed by atoms with van der Waals surface area (Å²) in [6.45, 7) is 5.63. The van der Waals surface area contributed by atoms with Crippen LogP contribution in [0.4, 0.5) is 0 Å². The second-order valence-corrected chi connectivity index (χ2v) is 9.44. The third-order valence-corrected chi connectivity index (χ3v) is 6.91. The van der Waals surface area contributed by atoms with Crippen LogP contribution in [0.5, 0.6) is 0 Å². The maximum Gasteiger partial charge on any atom is 0.144 e. The van der Waals surface area contributed by atoms with Crippen molar-refractivity contribution in [1.29, 1.82) is 0 Å². The van der Waals surface area contributed by atoms with Gasteiger partial charge in [0, 0.05) is 49.9 Å². The Morgan fingerprint density at radius 2 is 1.67 bits per heavy atom. The van der Waals surface area contributed by atoms with E-state index in [0.717, 1.165) is 56.3 Å². The summed E-state index contributed by atoms with van der Waals surface area (Å²) in [6, 6.07) is 20.8. The largest absolute Gasteiger partial charge is 0.393 e. The number of oxime groups is 1. The number of hydrogen-bond acceptors (Lipinski definition) is 5. The lowest BCUT2D eigenvalue weighted by atomic mass is 10.0. The molecule has 1 aliphatic carbocycles. The molecule has 1 atom stereocenters. The summed E-state index contributed by atoms with van der Waals surface area (Å²) in [4.78, 5) is 10.3. The predicted molar refractivity (Wildman–Crippen MR) is 134 cm³/mol. The molecule has 1 aliphatic heterocycles. The van der Waals surface area contributed by atoms with Crippen LogP contribution in [-0.2, 0) is 17.8 Å². The summed E-state index contributed by atoms with van der Waals surface area (Å²) in [5, 5.41) is 18.2. The SMILES string of the molecule is OC(CO/N=C1\CCc2c1ccc1ccccc21)CN1CCN(Cc2ccc(Cl)cc2)CC1. The van der Waals surface area contributed by atoms with Crippen molar-refractivity contribution in [3.05, 3.63) is 82.4 Å². The minimum Gasteiger partial charge on any atom is -0.393 e. The molecule has 172 valence electrons. The summed E-state index contributed by atoms with van der Waals surface area (Å²) >= 11 is 5.98. The summed E-state index contributed by atoms with van der Waals surface area (Å²) in [7, 11) is 0. The second kappa shape index (κ2) is 10.2. The Bertz CT molecular complexity index is 1120. The molecule has 1 fully saturated rings. The van der Waals surface area contributed by atoms with Gasteiger partial charge in [-0.05, 0) is 46.9 Å². The molecule has 0 bridgehead atoms. The Kier molecular flexibility index (Phi) is 6.93. The number of aliphatic hydroxyl groups is 1. The molecule has 1 N–H and O–H groups in total. The number of rotatable bonds is 7. The lowest BCUT2D eigenvalue weighted by Crippen LogP contribution is -2.48. The van der Waals surface area contributed by atoms with Gasteiger partial charge in [-0.15, -0.1) is 0 Å². The molecule has 3 aromatic rings. The number of aryl methyl sites for hydroxylation is 1. The summed E-state index contributed by atoms with van der Waals surface area (Å²) in [5.74, 6) is 0. The van der Waals surface area contributed by atoms with E-state index in [9.17, 15) is 5.11 Å². The summed E-state index contributed by atoms with van der Waals surface area (Å²) < 4.78 is 0. The lowest BCUT2D eigenvalue weighted by Gasteiger charge is -2.35. The fourth-order valence-corrected chi connectivity index (χ4v) is 5.00. The van der Waals surface area contributed by atoms with Crippen LogP contribution in [0.25, 0.3) is 10.8 Å². The smallest absolute Gasteiger partial charge is 0.144 e. The molecule has 0 aromatic heterocycles. The Morgan fingerprint density at radius 1 is 0.909 bits per heavy atom. The molecular formula is C27H30ClN3O2. The first kappa shape index (κ1) is 22.4. The Hall–Kier alpha value is -2.44. The second-order valence-electron chi connectivity index (χ2n) is 9.00. The van der Waals surface area contributed by atoms with E-state index in [1.807, 2.05) is 12.1 Å².